The molecule has 1 saturated heterocycles. The lowest BCUT2D eigenvalue weighted by molar-refractivity contribution is -0.130. The van der Waals surface area contributed by atoms with Crippen molar-refractivity contribution in [1.29, 1.82) is 0 Å². The highest BCUT2D eigenvalue weighted by atomic mass is 35.5. The Bertz CT molecular complexity index is 843. The van der Waals surface area contributed by atoms with Crippen LogP contribution in [0.2, 0.25) is 5.02 Å². The lowest BCUT2D eigenvalue weighted by Crippen LogP contribution is -2.40. The molecule has 0 spiro atoms. The number of aromatic nitrogens is 2. The summed E-state index contributed by atoms with van der Waals surface area (Å²) >= 11 is 5.99. The largest absolute Gasteiger partial charge is 0.444 e. The summed E-state index contributed by atoms with van der Waals surface area (Å²) < 4.78 is 7.24. The molecule has 2 aromatic rings. The van der Waals surface area contributed by atoms with Gasteiger partial charge in [-0.2, -0.15) is 0 Å². The number of fused-ring (bicyclic) bond motifs is 1. The molecule has 1 fully saturated rings. The first kappa shape index (κ1) is 19.5. The van der Waals surface area contributed by atoms with Crippen molar-refractivity contribution in [2.75, 3.05) is 26.2 Å². The van der Waals surface area contributed by atoms with Crippen LogP contribution < -0.4 is 0 Å². The Labute approximate surface area is 163 Å². The molecule has 2 amide bonds. The Morgan fingerprint density at radius 3 is 2.56 bits per heavy atom. The Hall–Kier alpha value is -2.28. The molecule has 0 atom stereocenters. The average molecular weight is 393 g/mol. The van der Waals surface area contributed by atoms with E-state index >= 15 is 0 Å². The van der Waals surface area contributed by atoms with Crippen molar-refractivity contribution < 1.29 is 14.3 Å². The van der Waals surface area contributed by atoms with Gasteiger partial charge in [0, 0.05) is 38.6 Å². The van der Waals surface area contributed by atoms with Crippen LogP contribution >= 0.6 is 11.6 Å². The fourth-order valence-corrected chi connectivity index (χ4v) is 3.21. The summed E-state index contributed by atoms with van der Waals surface area (Å²) in [6.45, 7) is 7.73. The number of imidazole rings is 1. The Morgan fingerprint density at radius 2 is 1.81 bits per heavy atom. The molecule has 7 nitrogen and oxygen atoms in total. The van der Waals surface area contributed by atoms with Gasteiger partial charge in [0.2, 0.25) is 5.91 Å². The molecule has 1 aliphatic rings. The number of amides is 2. The van der Waals surface area contributed by atoms with Gasteiger partial charge in [0.15, 0.2) is 0 Å². The van der Waals surface area contributed by atoms with Gasteiger partial charge in [-0.05, 0) is 39.3 Å². The van der Waals surface area contributed by atoms with Gasteiger partial charge >= 0.3 is 6.09 Å². The Balaban J connectivity index is 1.59. The predicted octanol–water partition coefficient (Wildman–Crippen LogP) is 3.00. The molecule has 0 aromatic carbocycles. The van der Waals surface area contributed by atoms with Gasteiger partial charge in [-0.15, -0.1) is 0 Å². The second-order valence-electron chi connectivity index (χ2n) is 7.72. The molecular weight excluding hydrogens is 368 g/mol. The highest BCUT2D eigenvalue weighted by molar-refractivity contribution is 6.30. The predicted molar refractivity (Wildman–Crippen MR) is 103 cm³/mol. The first-order valence-electron chi connectivity index (χ1n) is 9.10. The van der Waals surface area contributed by atoms with E-state index in [-0.39, 0.29) is 18.4 Å². The highest BCUT2D eigenvalue weighted by Crippen LogP contribution is 2.15. The summed E-state index contributed by atoms with van der Waals surface area (Å²) in [5.41, 5.74) is 0.940. The first-order chi connectivity index (χ1) is 12.7. The summed E-state index contributed by atoms with van der Waals surface area (Å²) in [7, 11) is 0. The summed E-state index contributed by atoms with van der Waals surface area (Å²) in [6, 6.07) is 3.59. The van der Waals surface area contributed by atoms with Gasteiger partial charge < -0.3 is 18.9 Å². The highest BCUT2D eigenvalue weighted by Gasteiger charge is 2.26. The van der Waals surface area contributed by atoms with Crippen LogP contribution in [0.15, 0.2) is 24.5 Å². The average Bonchev–Trinajstić information content (AvgIpc) is 2.78. The van der Waals surface area contributed by atoms with Crippen molar-refractivity contribution >= 4 is 29.2 Å². The van der Waals surface area contributed by atoms with Crippen molar-refractivity contribution in [2.45, 2.75) is 39.2 Å². The molecule has 0 radical (unpaired) electrons. The molecule has 1 aliphatic heterocycles. The van der Waals surface area contributed by atoms with E-state index in [1.165, 1.54) is 0 Å². The SMILES string of the molecule is CC(C)(C)OC(=O)N1CCCN(C(=O)Cc2cn3cc(Cl)ccc3n2)CC1. The number of carbonyl (C=O) groups is 2. The molecule has 0 N–H and O–H groups in total. The number of pyridine rings is 1. The molecule has 0 bridgehead atoms. The number of halogens is 1. The molecule has 146 valence electrons. The number of nitrogens with zero attached hydrogens (tertiary/aromatic N) is 4. The first-order valence-corrected chi connectivity index (χ1v) is 9.48. The van der Waals surface area contributed by atoms with E-state index in [0.29, 0.717) is 36.9 Å². The van der Waals surface area contributed by atoms with Crippen LogP contribution in [0.1, 0.15) is 32.9 Å². The third-order valence-corrected chi connectivity index (χ3v) is 4.52. The molecule has 27 heavy (non-hydrogen) atoms. The number of carbonyl (C=O) groups excluding carboxylic acids is 2. The molecular formula is C19H25ClN4O3. The van der Waals surface area contributed by atoms with Crippen molar-refractivity contribution in [3.8, 4) is 0 Å². The van der Waals surface area contributed by atoms with Crippen LogP contribution in [0, 0.1) is 0 Å². The fraction of sp³-hybridized carbons (Fsp3) is 0.526. The topological polar surface area (TPSA) is 67.2 Å². The van der Waals surface area contributed by atoms with E-state index in [4.69, 9.17) is 16.3 Å². The molecule has 0 unspecified atom stereocenters. The second kappa shape index (κ2) is 7.76. The lowest BCUT2D eigenvalue weighted by Gasteiger charge is -2.26. The summed E-state index contributed by atoms with van der Waals surface area (Å²) in [6.07, 6.45) is 4.22. The van der Waals surface area contributed by atoms with Gasteiger partial charge in [0.25, 0.3) is 0 Å². The van der Waals surface area contributed by atoms with Crippen LogP contribution in [0.4, 0.5) is 4.79 Å². The van der Waals surface area contributed by atoms with Crippen LogP contribution in [-0.2, 0) is 16.0 Å². The smallest absolute Gasteiger partial charge is 0.410 e. The molecule has 3 rings (SSSR count). The van der Waals surface area contributed by atoms with Gasteiger partial charge in [0.1, 0.15) is 11.2 Å². The Morgan fingerprint density at radius 1 is 1.11 bits per heavy atom. The van der Waals surface area contributed by atoms with Crippen LogP contribution in [0.3, 0.4) is 0 Å². The van der Waals surface area contributed by atoms with Crippen molar-refractivity contribution in [3.05, 3.63) is 35.2 Å². The van der Waals surface area contributed by atoms with Crippen LogP contribution in [0.25, 0.3) is 5.65 Å². The number of ether oxygens (including phenoxy) is 1. The van der Waals surface area contributed by atoms with E-state index in [1.54, 1.807) is 22.1 Å². The standard InChI is InChI=1S/C19H25ClN4O3/c1-19(2,3)27-18(26)23-8-4-7-22(9-10-23)17(25)11-15-13-24-12-14(20)5-6-16(24)21-15/h5-6,12-13H,4,7-11H2,1-3H3. The van der Waals surface area contributed by atoms with Gasteiger partial charge in [-0.3, -0.25) is 4.79 Å². The molecule has 3 heterocycles. The minimum Gasteiger partial charge on any atom is -0.444 e. The van der Waals surface area contributed by atoms with Gasteiger partial charge in [0.05, 0.1) is 17.1 Å². The van der Waals surface area contributed by atoms with E-state index in [1.807, 2.05) is 37.4 Å². The van der Waals surface area contributed by atoms with E-state index in [2.05, 4.69) is 4.98 Å². The molecule has 2 aromatic heterocycles. The number of rotatable bonds is 2. The van der Waals surface area contributed by atoms with E-state index in [9.17, 15) is 9.59 Å². The van der Waals surface area contributed by atoms with Crippen LogP contribution in [-0.4, -0.2) is 63.0 Å². The number of hydrogen-bond acceptors (Lipinski definition) is 4. The third kappa shape index (κ3) is 5.13. The zero-order valence-corrected chi connectivity index (χ0v) is 16.7. The van der Waals surface area contributed by atoms with Gasteiger partial charge in [-0.25, -0.2) is 9.78 Å². The Kier molecular flexibility index (Phi) is 5.60. The summed E-state index contributed by atoms with van der Waals surface area (Å²) in [4.78, 5) is 32.9. The lowest BCUT2D eigenvalue weighted by atomic mass is 10.2. The maximum absolute atomic E-state index is 12.7. The zero-order chi connectivity index (χ0) is 19.6. The fourth-order valence-electron chi connectivity index (χ4n) is 3.05. The van der Waals surface area contributed by atoms with E-state index < -0.39 is 5.60 Å². The minimum atomic E-state index is -0.523. The summed E-state index contributed by atoms with van der Waals surface area (Å²) in [5, 5.41) is 0.618. The maximum atomic E-state index is 12.7. The summed E-state index contributed by atoms with van der Waals surface area (Å²) in [5.74, 6) is 0.00976. The number of hydrogen-bond donors (Lipinski definition) is 0. The van der Waals surface area contributed by atoms with Crippen LogP contribution in [0.5, 0.6) is 0 Å². The maximum Gasteiger partial charge on any atom is 0.410 e. The van der Waals surface area contributed by atoms with Crippen molar-refractivity contribution in [3.63, 3.8) is 0 Å². The third-order valence-electron chi connectivity index (χ3n) is 4.30. The molecule has 0 aliphatic carbocycles. The van der Waals surface area contributed by atoms with Gasteiger partial charge in [-0.1, -0.05) is 11.6 Å². The van der Waals surface area contributed by atoms with Crippen molar-refractivity contribution in [2.24, 2.45) is 0 Å². The molecule has 8 heteroatoms. The zero-order valence-electron chi connectivity index (χ0n) is 15.9. The monoisotopic (exact) mass is 392 g/mol. The second-order valence-corrected chi connectivity index (χ2v) is 8.16. The minimum absolute atomic E-state index is 0.00976. The van der Waals surface area contributed by atoms with Crippen molar-refractivity contribution in [1.82, 2.24) is 19.2 Å². The quantitative estimate of drug-likeness (QED) is 0.787. The van der Waals surface area contributed by atoms with E-state index in [0.717, 1.165) is 12.1 Å². The normalized spacial score (nSPS) is 15.7. The molecule has 0 saturated carbocycles.